The molecule has 1 aromatic heterocycles. The summed E-state index contributed by atoms with van der Waals surface area (Å²) in [5.41, 5.74) is 6.86. The van der Waals surface area contributed by atoms with E-state index in [0.717, 1.165) is 6.07 Å². The monoisotopic (exact) mass is 535 g/mol. The molecule has 194 valence electrons. The van der Waals surface area contributed by atoms with Crippen LogP contribution in [0.25, 0.3) is 10.4 Å². The van der Waals surface area contributed by atoms with E-state index >= 15 is 0 Å². The molecule has 2 aliphatic heterocycles. The number of aromatic carboxylic acids is 1. The lowest BCUT2D eigenvalue weighted by molar-refractivity contribution is -0.106. The van der Waals surface area contributed by atoms with E-state index in [4.69, 9.17) is 9.47 Å². The van der Waals surface area contributed by atoms with E-state index in [0.29, 0.717) is 17.7 Å². The largest absolute Gasteiger partial charge is 0.478 e. The quantitative estimate of drug-likeness (QED) is 0.200. The Morgan fingerprint density at radius 3 is 2.53 bits per heavy atom. The van der Waals surface area contributed by atoms with Gasteiger partial charge < -0.3 is 14.6 Å². The van der Waals surface area contributed by atoms with Crippen LogP contribution < -0.4 is 11.2 Å². The number of esters is 1. The van der Waals surface area contributed by atoms with Gasteiger partial charge in [-0.15, -0.1) is 11.8 Å². The Balaban J connectivity index is 1.68. The van der Waals surface area contributed by atoms with Gasteiger partial charge in [0.05, 0.1) is 15.9 Å². The molecule has 2 aliphatic rings. The number of nitrogens with one attached hydrogen (secondary N) is 1. The summed E-state index contributed by atoms with van der Waals surface area (Å²) in [5.74, 6) is -2.20. The number of azide groups is 1. The molecule has 13 heteroatoms. The van der Waals surface area contributed by atoms with E-state index in [2.05, 4.69) is 15.0 Å². The second-order valence-corrected chi connectivity index (χ2v) is 10.3. The maximum Gasteiger partial charge on any atom is 0.338 e. The van der Waals surface area contributed by atoms with Crippen LogP contribution in [-0.2, 0) is 9.47 Å². The number of rotatable bonds is 7. The molecule has 1 spiro atoms. The van der Waals surface area contributed by atoms with Gasteiger partial charge in [-0.25, -0.2) is 14.4 Å². The minimum atomic E-state index is -1.92. The number of aromatic nitrogens is 2. The van der Waals surface area contributed by atoms with Gasteiger partial charge in [0.2, 0.25) is 0 Å². The SMILES string of the molecule is [N-]=[N+]=N[C@@]1(COC(=O)c2ccccc2)O[C@@H](n2ccc(=O)[nH]c2=O)[C@@]2(CCS2)[C@@H]1c1ccccc1C(=O)O. The number of thioether (sulfide) groups is 1. The van der Waals surface area contributed by atoms with E-state index in [9.17, 15) is 29.8 Å². The summed E-state index contributed by atoms with van der Waals surface area (Å²) < 4.78 is 12.1. The van der Waals surface area contributed by atoms with Crippen LogP contribution >= 0.6 is 11.8 Å². The van der Waals surface area contributed by atoms with Crippen LogP contribution in [0.2, 0.25) is 0 Å². The molecule has 4 atom stereocenters. The number of carboxylic acids is 1. The first-order valence-corrected chi connectivity index (χ1v) is 12.5. The third-order valence-corrected chi connectivity index (χ3v) is 8.36. The molecule has 3 heterocycles. The van der Waals surface area contributed by atoms with Crippen LogP contribution in [0.4, 0.5) is 0 Å². The normalized spacial score (nSPS) is 25.8. The Hall–Kier alpha value is -4.32. The first kappa shape index (κ1) is 25.3. The van der Waals surface area contributed by atoms with Crippen molar-refractivity contribution in [3.63, 3.8) is 0 Å². The first-order chi connectivity index (χ1) is 18.3. The zero-order valence-corrected chi connectivity index (χ0v) is 20.5. The van der Waals surface area contributed by atoms with E-state index in [1.165, 1.54) is 28.6 Å². The molecule has 12 nitrogen and oxygen atoms in total. The number of H-pyrrole nitrogens is 1. The third-order valence-electron chi connectivity index (χ3n) is 6.78. The lowest BCUT2D eigenvalue weighted by atomic mass is 9.76. The van der Waals surface area contributed by atoms with Crippen molar-refractivity contribution in [1.29, 1.82) is 0 Å². The van der Waals surface area contributed by atoms with Crippen LogP contribution in [0, 0.1) is 0 Å². The molecular formula is C25H21N5O7S. The molecule has 2 aromatic carbocycles. The molecule has 2 N–H and O–H groups in total. The molecule has 3 aromatic rings. The van der Waals surface area contributed by atoms with Crippen LogP contribution in [0.1, 0.15) is 44.8 Å². The van der Waals surface area contributed by atoms with Crippen molar-refractivity contribution in [2.24, 2.45) is 5.11 Å². The maximum atomic E-state index is 12.8. The average molecular weight is 536 g/mol. The summed E-state index contributed by atoms with van der Waals surface area (Å²) in [6.07, 6.45) is 0.648. The molecule has 0 saturated carbocycles. The smallest absolute Gasteiger partial charge is 0.338 e. The Bertz CT molecular complexity index is 1560. The van der Waals surface area contributed by atoms with E-state index < -0.39 is 52.4 Å². The molecule has 0 radical (unpaired) electrons. The lowest BCUT2D eigenvalue weighted by Gasteiger charge is -2.46. The summed E-state index contributed by atoms with van der Waals surface area (Å²) >= 11 is 1.42. The van der Waals surface area contributed by atoms with Gasteiger partial charge in [-0.1, -0.05) is 41.5 Å². The van der Waals surface area contributed by atoms with Gasteiger partial charge in [-0.2, -0.15) is 0 Å². The highest BCUT2D eigenvalue weighted by molar-refractivity contribution is 8.02. The zero-order valence-electron chi connectivity index (χ0n) is 19.7. The Labute approximate surface area is 218 Å². The minimum absolute atomic E-state index is 0.0469. The molecule has 38 heavy (non-hydrogen) atoms. The van der Waals surface area contributed by atoms with Gasteiger partial charge in [0, 0.05) is 23.1 Å². The molecule has 2 saturated heterocycles. The standard InChI is InChI=1S/C25H21N5O7S/c26-29-28-25(14-36-21(34)15-6-2-1-3-7-15)19(16-8-4-5-9-17(16)20(32)33)24(11-13-38-24)22(37-25)30-12-10-18(31)27-23(30)35/h1-10,12,19,22H,11,13-14H2,(H,32,33)(H,27,31,35)/t19-,22+,24+,25-/m0/s1. The van der Waals surface area contributed by atoms with E-state index in [1.54, 1.807) is 48.5 Å². The van der Waals surface area contributed by atoms with Crippen molar-refractivity contribution in [3.8, 4) is 0 Å². The van der Waals surface area contributed by atoms with Gasteiger partial charge in [0.25, 0.3) is 5.56 Å². The number of hydrogen-bond donors (Lipinski definition) is 2. The van der Waals surface area contributed by atoms with Crippen molar-refractivity contribution in [2.75, 3.05) is 12.4 Å². The summed E-state index contributed by atoms with van der Waals surface area (Å²) in [6.45, 7) is -0.555. The fourth-order valence-corrected chi connectivity index (χ4v) is 6.59. The fourth-order valence-electron chi connectivity index (χ4n) is 5.13. The van der Waals surface area contributed by atoms with Crippen molar-refractivity contribution < 1.29 is 24.2 Å². The molecule has 0 aliphatic carbocycles. The van der Waals surface area contributed by atoms with Gasteiger partial charge >= 0.3 is 17.6 Å². The van der Waals surface area contributed by atoms with Crippen LogP contribution in [0.3, 0.4) is 0 Å². The second-order valence-electron chi connectivity index (χ2n) is 8.84. The Kier molecular flexibility index (Phi) is 6.57. The van der Waals surface area contributed by atoms with E-state index in [1.807, 2.05) is 0 Å². The molecule has 0 bridgehead atoms. The Morgan fingerprint density at radius 2 is 1.89 bits per heavy atom. The highest BCUT2D eigenvalue weighted by atomic mass is 32.2. The van der Waals surface area contributed by atoms with Gasteiger partial charge in [0.1, 0.15) is 6.61 Å². The Morgan fingerprint density at radius 1 is 1.18 bits per heavy atom. The molecule has 2 fully saturated rings. The van der Waals surface area contributed by atoms with E-state index in [-0.39, 0.29) is 11.1 Å². The number of carbonyl (C=O) groups is 2. The lowest BCUT2D eigenvalue weighted by Crippen LogP contribution is -2.50. The topological polar surface area (TPSA) is 176 Å². The van der Waals surface area contributed by atoms with Crippen molar-refractivity contribution in [1.82, 2.24) is 9.55 Å². The van der Waals surface area contributed by atoms with Crippen LogP contribution in [0.5, 0.6) is 0 Å². The van der Waals surface area contributed by atoms with Crippen molar-refractivity contribution >= 4 is 23.7 Å². The molecule has 0 unspecified atom stereocenters. The van der Waals surface area contributed by atoms with Crippen LogP contribution in [-0.4, -0.2) is 49.4 Å². The minimum Gasteiger partial charge on any atom is -0.478 e. The van der Waals surface area contributed by atoms with Gasteiger partial charge in [-0.3, -0.25) is 14.3 Å². The average Bonchev–Trinajstić information content (AvgIpc) is 3.19. The number of benzene rings is 2. The summed E-state index contributed by atoms with van der Waals surface area (Å²) in [7, 11) is 0. The fraction of sp³-hybridized carbons (Fsp3) is 0.280. The summed E-state index contributed by atoms with van der Waals surface area (Å²) in [6, 6.07) is 15.6. The summed E-state index contributed by atoms with van der Waals surface area (Å²) in [5, 5.41) is 13.9. The van der Waals surface area contributed by atoms with Gasteiger partial charge in [0.15, 0.2) is 12.0 Å². The first-order valence-electron chi connectivity index (χ1n) is 11.6. The number of nitrogens with zero attached hydrogens (tertiary/aromatic N) is 4. The maximum absolute atomic E-state index is 12.8. The highest BCUT2D eigenvalue weighted by Gasteiger charge is 2.68. The number of carboxylic acid groups (broad SMARTS) is 1. The zero-order chi connectivity index (χ0) is 26.9. The predicted molar refractivity (Wildman–Crippen MR) is 136 cm³/mol. The predicted octanol–water partition coefficient (Wildman–Crippen LogP) is 3.29. The number of carbonyl (C=O) groups excluding carboxylic acids is 1. The van der Waals surface area contributed by atoms with Gasteiger partial charge in [-0.05, 0) is 41.5 Å². The summed E-state index contributed by atoms with van der Waals surface area (Å²) in [4.78, 5) is 54.8. The molecule has 0 amide bonds. The van der Waals surface area contributed by atoms with Crippen molar-refractivity contribution in [2.45, 2.75) is 29.0 Å². The third kappa shape index (κ3) is 4.16. The van der Waals surface area contributed by atoms with Crippen LogP contribution in [0.15, 0.2) is 81.6 Å². The second kappa shape index (κ2) is 9.86. The highest BCUT2D eigenvalue weighted by Crippen LogP contribution is 2.67. The number of ether oxygens (including phenoxy) is 2. The number of aromatic amines is 1. The molecule has 5 rings (SSSR count). The van der Waals surface area contributed by atoms with Crippen molar-refractivity contribution in [3.05, 3.63) is 115 Å². The molecular weight excluding hydrogens is 514 g/mol. The number of hydrogen-bond acceptors (Lipinski definition) is 8.